The molecule has 0 spiro atoms. The van der Waals surface area contributed by atoms with Gasteiger partial charge in [-0.2, -0.15) is 4.98 Å². The minimum atomic E-state index is 0.475. The van der Waals surface area contributed by atoms with Gasteiger partial charge in [0.25, 0.3) is 0 Å². The van der Waals surface area contributed by atoms with Crippen molar-refractivity contribution in [1.29, 1.82) is 0 Å². The Morgan fingerprint density at radius 2 is 2.31 bits per heavy atom. The molecular formula is C8H12N4O. The summed E-state index contributed by atoms with van der Waals surface area (Å²) in [6.07, 6.45) is 1.42. The third-order valence-corrected chi connectivity index (χ3v) is 1.66. The predicted molar refractivity (Wildman–Crippen MR) is 50.2 cm³/mol. The van der Waals surface area contributed by atoms with Crippen LogP contribution in [0, 0.1) is 6.92 Å². The number of aliphatic imine (C=N–C) groups is 1. The maximum atomic E-state index is 5.43. The second-order valence-corrected chi connectivity index (χ2v) is 2.53. The largest absolute Gasteiger partial charge is 0.404 e. The Morgan fingerprint density at radius 1 is 1.62 bits per heavy atom. The van der Waals surface area contributed by atoms with Gasteiger partial charge < -0.3 is 10.3 Å². The third-order valence-electron chi connectivity index (χ3n) is 1.66. The Kier molecular flexibility index (Phi) is 2.79. The van der Waals surface area contributed by atoms with E-state index in [0.717, 1.165) is 5.71 Å². The fourth-order valence-electron chi connectivity index (χ4n) is 0.886. The third kappa shape index (κ3) is 1.93. The molecule has 0 unspecified atom stereocenters. The highest BCUT2D eigenvalue weighted by Crippen LogP contribution is 2.10. The van der Waals surface area contributed by atoms with Gasteiger partial charge in [-0.1, -0.05) is 5.16 Å². The predicted octanol–water partition coefficient (Wildman–Crippen LogP) is 0.768. The van der Waals surface area contributed by atoms with Gasteiger partial charge in [0.1, 0.15) is 0 Å². The van der Waals surface area contributed by atoms with Gasteiger partial charge in [-0.3, -0.25) is 4.99 Å². The van der Waals surface area contributed by atoms with Crippen molar-refractivity contribution < 1.29 is 4.52 Å². The number of nitrogens with zero attached hydrogens (tertiary/aromatic N) is 3. The maximum absolute atomic E-state index is 5.43. The lowest BCUT2D eigenvalue weighted by atomic mass is 10.2. The van der Waals surface area contributed by atoms with Gasteiger partial charge in [0.2, 0.25) is 11.7 Å². The van der Waals surface area contributed by atoms with Crippen LogP contribution in [-0.2, 0) is 0 Å². The number of nitrogens with two attached hydrogens (primary N) is 1. The second kappa shape index (κ2) is 3.84. The van der Waals surface area contributed by atoms with Gasteiger partial charge in [-0.15, -0.1) is 0 Å². The standard InChI is InChI=1S/C8H12N4O/c1-5(10-3)7(4-9)8-11-6(2)13-12-8/h4H,9H2,1-3H3/b7-4+,10-5?. The van der Waals surface area contributed by atoms with Gasteiger partial charge in [0, 0.05) is 25.9 Å². The van der Waals surface area contributed by atoms with Crippen LogP contribution in [0.4, 0.5) is 0 Å². The summed E-state index contributed by atoms with van der Waals surface area (Å²) in [6.45, 7) is 3.56. The first-order chi connectivity index (χ1) is 6.19. The van der Waals surface area contributed by atoms with E-state index in [1.54, 1.807) is 14.0 Å². The Balaban J connectivity index is 3.06. The number of aryl methyl sites for hydroxylation is 1. The fraction of sp³-hybridized carbons (Fsp3) is 0.375. The van der Waals surface area contributed by atoms with Crippen molar-refractivity contribution in [1.82, 2.24) is 10.1 Å². The minimum absolute atomic E-state index is 0.475. The molecule has 13 heavy (non-hydrogen) atoms. The van der Waals surface area contributed by atoms with Crippen LogP contribution >= 0.6 is 0 Å². The van der Waals surface area contributed by atoms with Crippen molar-refractivity contribution in [2.75, 3.05) is 7.05 Å². The van der Waals surface area contributed by atoms with Gasteiger partial charge in [0.05, 0.1) is 5.57 Å². The Hall–Kier alpha value is -1.65. The van der Waals surface area contributed by atoms with Crippen LogP contribution in [0.1, 0.15) is 18.6 Å². The Bertz CT molecular complexity index is 351. The first-order valence-electron chi connectivity index (χ1n) is 3.85. The van der Waals surface area contributed by atoms with Gasteiger partial charge >= 0.3 is 0 Å². The molecule has 0 aliphatic heterocycles. The molecule has 0 atom stereocenters. The number of aromatic nitrogens is 2. The lowest BCUT2D eigenvalue weighted by molar-refractivity contribution is 0.391. The first-order valence-corrected chi connectivity index (χ1v) is 3.85. The van der Waals surface area contributed by atoms with E-state index in [9.17, 15) is 0 Å². The van der Waals surface area contributed by atoms with E-state index in [-0.39, 0.29) is 0 Å². The highest BCUT2D eigenvalue weighted by Gasteiger charge is 2.10. The molecule has 0 saturated heterocycles. The van der Waals surface area contributed by atoms with Crippen LogP contribution in [0.2, 0.25) is 0 Å². The lowest BCUT2D eigenvalue weighted by Crippen LogP contribution is -2.01. The van der Waals surface area contributed by atoms with Crippen LogP contribution < -0.4 is 5.73 Å². The summed E-state index contributed by atoms with van der Waals surface area (Å²) in [7, 11) is 1.69. The molecular weight excluding hydrogens is 168 g/mol. The topological polar surface area (TPSA) is 77.3 Å². The highest BCUT2D eigenvalue weighted by atomic mass is 16.5. The van der Waals surface area contributed by atoms with E-state index in [4.69, 9.17) is 10.3 Å². The molecule has 0 bridgehead atoms. The molecule has 70 valence electrons. The SMILES string of the molecule is CN=C(C)/C(=C\N)c1noc(C)n1. The zero-order valence-corrected chi connectivity index (χ0v) is 7.90. The summed E-state index contributed by atoms with van der Waals surface area (Å²) in [6, 6.07) is 0. The summed E-state index contributed by atoms with van der Waals surface area (Å²) in [5.74, 6) is 0.987. The number of allylic oxidation sites excluding steroid dienone is 1. The quantitative estimate of drug-likeness (QED) is 0.682. The van der Waals surface area contributed by atoms with E-state index >= 15 is 0 Å². The second-order valence-electron chi connectivity index (χ2n) is 2.53. The molecule has 0 amide bonds. The smallest absolute Gasteiger partial charge is 0.223 e. The van der Waals surface area contributed by atoms with Crippen LogP contribution in [0.25, 0.3) is 5.57 Å². The molecule has 0 aliphatic carbocycles. The molecule has 1 aromatic heterocycles. The van der Waals surface area contributed by atoms with Crippen LogP contribution in [0.3, 0.4) is 0 Å². The van der Waals surface area contributed by atoms with Crippen molar-refractivity contribution in [3.63, 3.8) is 0 Å². The van der Waals surface area contributed by atoms with E-state index < -0.39 is 0 Å². The average molecular weight is 180 g/mol. The molecule has 0 aliphatic rings. The number of rotatable bonds is 2. The monoisotopic (exact) mass is 180 g/mol. The molecule has 1 rings (SSSR count). The molecule has 0 fully saturated rings. The molecule has 5 nitrogen and oxygen atoms in total. The molecule has 0 saturated carbocycles. The summed E-state index contributed by atoms with van der Waals surface area (Å²) < 4.78 is 4.83. The molecule has 2 N–H and O–H groups in total. The molecule has 0 aromatic carbocycles. The molecule has 1 heterocycles. The number of hydrogen-bond acceptors (Lipinski definition) is 5. The fourth-order valence-corrected chi connectivity index (χ4v) is 0.886. The van der Waals surface area contributed by atoms with E-state index in [0.29, 0.717) is 17.3 Å². The van der Waals surface area contributed by atoms with Crippen molar-refractivity contribution in [3.8, 4) is 0 Å². The van der Waals surface area contributed by atoms with E-state index in [1.165, 1.54) is 6.20 Å². The van der Waals surface area contributed by atoms with Crippen molar-refractivity contribution in [2.45, 2.75) is 13.8 Å². The van der Waals surface area contributed by atoms with Gasteiger partial charge in [0.15, 0.2) is 0 Å². The van der Waals surface area contributed by atoms with E-state index in [2.05, 4.69) is 15.1 Å². The van der Waals surface area contributed by atoms with Crippen LogP contribution in [0.15, 0.2) is 15.7 Å². The van der Waals surface area contributed by atoms with Gasteiger partial charge in [-0.25, -0.2) is 0 Å². The zero-order valence-electron chi connectivity index (χ0n) is 7.90. The summed E-state index contributed by atoms with van der Waals surface area (Å²) in [5, 5.41) is 3.74. The van der Waals surface area contributed by atoms with Crippen LogP contribution in [-0.4, -0.2) is 22.9 Å². The minimum Gasteiger partial charge on any atom is -0.404 e. The van der Waals surface area contributed by atoms with Gasteiger partial charge in [-0.05, 0) is 6.92 Å². The molecule has 5 heteroatoms. The number of hydrogen-bond donors (Lipinski definition) is 1. The zero-order chi connectivity index (χ0) is 9.84. The summed E-state index contributed by atoms with van der Waals surface area (Å²) in [5.41, 5.74) is 6.90. The summed E-state index contributed by atoms with van der Waals surface area (Å²) in [4.78, 5) is 8.04. The maximum Gasteiger partial charge on any atom is 0.223 e. The van der Waals surface area contributed by atoms with E-state index in [1.807, 2.05) is 6.92 Å². The normalized spacial score (nSPS) is 13.5. The van der Waals surface area contributed by atoms with Crippen molar-refractivity contribution in [3.05, 3.63) is 17.9 Å². The average Bonchev–Trinajstić information content (AvgIpc) is 2.53. The molecule has 0 radical (unpaired) electrons. The Morgan fingerprint density at radius 3 is 2.69 bits per heavy atom. The lowest BCUT2D eigenvalue weighted by Gasteiger charge is -1.98. The van der Waals surface area contributed by atoms with Crippen molar-refractivity contribution >= 4 is 11.3 Å². The first kappa shape index (κ1) is 9.44. The Labute approximate surface area is 76.4 Å². The molecule has 1 aromatic rings. The highest BCUT2D eigenvalue weighted by molar-refractivity contribution is 6.21. The van der Waals surface area contributed by atoms with Crippen LogP contribution in [0.5, 0.6) is 0 Å². The van der Waals surface area contributed by atoms with Crippen molar-refractivity contribution in [2.24, 2.45) is 10.7 Å². The summed E-state index contributed by atoms with van der Waals surface area (Å²) >= 11 is 0.